The minimum Gasteiger partial charge on any atom is -0.369 e. The van der Waals surface area contributed by atoms with Crippen molar-refractivity contribution in [2.75, 3.05) is 31.5 Å². The van der Waals surface area contributed by atoms with E-state index in [0.29, 0.717) is 5.82 Å². The van der Waals surface area contributed by atoms with Gasteiger partial charge in [0.2, 0.25) is 10.0 Å². The first-order valence-corrected chi connectivity index (χ1v) is 10.8. The van der Waals surface area contributed by atoms with Crippen molar-refractivity contribution < 1.29 is 8.42 Å². The number of nitrogens with zero attached hydrogens (tertiary/aromatic N) is 2. The van der Waals surface area contributed by atoms with Gasteiger partial charge in [0.15, 0.2) is 0 Å². The summed E-state index contributed by atoms with van der Waals surface area (Å²) in [5.74, 6) is 1.56. The zero-order valence-corrected chi connectivity index (χ0v) is 16.5. The summed E-state index contributed by atoms with van der Waals surface area (Å²) in [6.07, 6.45) is 5.73. The minimum absolute atomic E-state index is 0.0694. The number of hydrogen-bond donors (Lipinski definition) is 2. The number of pyridine rings is 1. The average molecular weight is 369 g/mol. The highest BCUT2D eigenvalue weighted by atomic mass is 32.2. The van der Waals surface area contributed by atoms with E-state index in [4.69, 9.17) is 0 Å². The maximum Gasteiger partial charge on any atom is 0.242 e. The molecule has 0 bridgehead atoms. The molecule has 7 heteroatoms. The van der Waals surface area contributed by atoms with E-state index in [1.54, 1.807) is 12.1 Å². The molecule has 0 aliphatic carbocycles. The molecule has 6 nitrogen and oxygen atoms in total. The fraction of sp³-hybridized carbons (Fsp3) is 0.722. The highest BCUT2D eigenvalue weighted by Crippen LogP contribution is 2.16. The lowest BCUT2D eigenvalue weighted by atomic mass is 9.99. The van der Waals surface area contributed by atoms with E-state index in [9.17, 15) is 8.42 Å². The second-order valence-corrected chi connectivity index (χ2v) is 8.86. The lowest BCUT2D eigenvalue weighted by molar-refractivity contribution is 0.199. The van der Waals surface area contributed by atoms with Crippen LogP contribution in [0.4, 0.5) is 5.82 Å². The number of sulfonamides is 1. The Balaban J connectivity index is 1.81. The van der Waals surface area contributed by atoms with Crippen LogP contribution >= 0.6 is 0 Å². The molecule has 1 aromatic heterocycles. The van der Waals surface area contributed by atoms with Gasteiger partial charge in [0.1, 0.15) is 10.7 Å². The van der Waals surface area contributed by atoms with Crippen molar-refractivity contribution in [3.63, 3.8) is 0 Å². The summed E-state index contributed by atoms with van der Waals surface area (Å²) in [5, 5.41) is 3.27. The topological polar surface area (TPSA) is 74.3 Å². The molecule has 142 valence electrons. The van der Waals surface area contributed by atoms with Gasteiger partial charge in [-0.25, -0.2) is 18.1 Å². The summed E-state index contributed by atoms with van der Waals surface area (Å²) < 4.78 is 27.3. The third-order valence-electron chi connectivity index (χ3n) is 4.74. The molecule has 0 amide bonds. The van der Waals surface area contributed by atoms with Crippen molar-refractivity contribution in [1.29, 1.82) is 0 Å². The van der Waals surface area contributed by atoms with E-state index in [1.165, 1.54) is 19.0 Å². The fourth-order valence-corrected chi connectivity index (χ4v) is 4.32. The van der Waals surface area contributed by atoms with Crippen LogP contribution in [0, 0.1) is 5.92 Å². The summed E-state index contributed by atoms with van der Waals surface area (Å²) >= 11 is 0. The Hall–Kier alpha value is -1.18. The van der Waals surface area contributed by atoms with Crippen LogP contribution < -0.4 is 10.0 Å². The summed E-state index contributed by atoms with van der Waals surface area (Å²) in [4.78, 5) is 6.92. The van der Waals surface area contributed by atoms with Gasteiger partial charge in [-0.1, -0.05) is 20.3 Å². The maximum absolute atomic E-state index is 12.3. The third kappa shape index (κ3) is 6.56. The first-order chi connectivity index (χ1) is 11.9. The Morgan fingerprint density at radius 2 is 2.04 bits per heavy atom. The molecule has 2 N–H and O–H groups in total. The Morgan fingerprint density at radius 1 is 1.32 bits per heavy atom. The number of rotatable bonds is 9. The second-order valence-electron chi connectivity index (χ2n) is 7.14. The van der Waals surface area contributed by atoms with Gasteiger partial charge in [-0.3, -0.25) is 0 Å². The van der Waals surface area contributed by atoms with E-state index >= 15 is 0 Å². The molecule has 1 aliphatic rings. The van der Waals surface area contributed by atoms with Crippen molar-refractivity contribution in [3.05, 3.63) is 18.3 Å². The molecule has 0 saturated carbocycles. The quantitative estimate of drug-likeness (QED) is 0.701. The first-order valence-electron chi connectivity index (χ1n) is 9.35. The molecule has 0 spiro atoms. The monoisotopic (exact) mass is 368 g/mol. The number of hydrogen-bond acceptors (Lipinski definition) is 5. The van der Waals surface area contributed by atoms with Gasteiger partial charge in [-0.2, -0.15) is 0 Å². The van der Waals surface area contributed by atoms with Crippen molar-refractivity contribution >= 4 is 15.8 Å². The van der Waals surface area contributed by atoms with Crippen molar-refractivity contribution in [3.8, 4) is 0 Å². The van der Waals surface area contributed by atoms with E-state index in [1.807, 2.05) is 13.8 Å². The van der Waals surface area contributed by atoms with Crippen LogP contribution in [0.2, 0.25) is 0 Å². The largest absolute Gasteiger partial charge is 0.369 e. The number of nitrogens with one attached hydrogen (secondary N) is 2. The van der Waals surface area contributed by atoms with Gasteiger partial charge in [0.05, 0.1) is 0 Å². The van der Waals surface area contributed by atoms with Gasteiger partial charge in [-0.15, -0.1) is 0 Å². The summed E-state index contributed by atoms with van der Waals surface area (Å²) in [6.45, 7) is 10.4. The lowest BCUT2D eigenvalue weighted by Gasteiger charge is -2.30. The van der Waals surface area contributed by atoms with Crippen molar-refractivity contribution in [2.24, 2.45) is 5.92 Å². The van der Waals surface area contributed by atoms with E-state index in [-0.39, 0.29) is 10.9 Å². The molecule has 2 heterocycles. The predicted molar refractivity (Wildman–Crippen MR) is 102 cm³/mol. The molecule has 0 radical (unpaired) electrons. The Morgan fingerprint density at radius 3 is 2.64 bits per heavy atom. The Labute approximate surface area is 152 Å². The number of likely N-dealkylation sites (tertiary alicyclic amines) is 1. The summed E-state index contributed by atoms with van der Waals surface area (Å²) in [5.41, 5.74) is 0. The van der Waals surface area contributed by atoms with Crippen LogP contribution in [0.3, 0.4) is 0 Å². The van der Waals surface area contributed by atoms with Crippen LogP contribution in [0.5, 0.6) is 0 Å². The number of anilines is 1. The molecule has 2 rings (SSSR count). The second kappa shape index (κ2) is 9.50. The number of aromatic nitrogens is 1. The molecule has 1 aliphatic heterocycles. The van der Waals surface area contributed by atoms with Crippen LogP contribution in [0.25, 0.3) is 0 Å². The van der Waals surface area contributed by atoms with Gasteiger partial charge < -0.3 is 10.2 Å². The van der Waals surface area contributed by atoms with Crippen LogP contribution in [-0.2, 0) is 10.0 Å². The molecule has 1 aromatic rings. The predicted octanol–water partition coefficient (Wildman–Crippen LogP) is 2.69. The Bertz CT molecular complexity index is 610. The Kier molecular flexibility index (Phi) is 7.65. The molecular formula is C18H32N4O2S. The molecule has 1 unspecified atom stereocenters. The molecular weight excluding hydrogens is 336 g/mol. The first kappa shape index (κ1) is 20.1. The zero-order valence-electron chi connectivity index (χ0n) is 15.7. The standard InChI is InChI=1S/C18H32N4O2S/c1-4-5-16(3)21-25(23,24)17-6-7-18(20-14-17)19-10-13-22-11-8-15(2)9-12-22/h6-7,14-16,21H,4-5,8-13H2,1-3H3,(H,19,20). The summed E-state index contributed by atoms with van der Waals surface area (Å²) in [7, 11) is -3.49. The molecule has 1 atom stereocenters. The average Bonchev–Trinajstić information content (AvgIpc) is 2.57. The lowest BCUT2D eigenvalue weighted by Crippen LogP contribution is -2.36. The van der Waals surface area contributed by atoms with E-state index in [0.717, 1.165) is 44.9 Å². The molecule has 25 heavy (non-hydrogen) atoms. The van der Waals surface area contributed by atoms with Crippen LogP contribution in [-0.4, -0.2) is 50.5 Å². The van der Waals surface area contributed by atoms with Gasteiger partial charge in [0, 0.05) is 25.3 Å². The highest BCUT2D eigenvalue weighted by molar-refractivity contribution is 7.89. The van der Waals surface area contributed by atoms with Crippen LogP contribution in [0.15, 0.2) is 23.2 Å². The normalized spacial score (nSPS) is 18.2. The smallest absolute Gasteiger partial charge is 0.242 e. The molecule has 0 aromatic carbocycles. The van der Waals surface area contributed by atoms with Gasteiger partial charge >= 0.3 is 0 Å². The molecule has 1 fully saturated rings. The van der Waals surface area contributed by atoms with E-state index < -0.39 is 10.0 Å². The molecule has 1 saturated heterocycles. The van der Waals surface area contributed by atoms with Gasteiger partial charge in [0.25, 0.3) is 0 Å². The zero-order chi connectivity index (χ0) is 18.3. The minimum atomic E-state index is -3.49. The van der Waals surface area contributed by atoms with E-state index in [2.05, 4.69) is 26.8 Å². The highest BCUT2D eigenvalue weighted by Gasteiger charge is 2.17. The van der Waals surface area contributed by atoms with Crippen molar-refractivity contribution in [2.45, 2.75) is 57.4 Å². The van der Waals surface area contributed by atoms with Crippen LogP contribution in [0.1, 0.15) is 46.5 Å². The maximum atomic E-state index is 12.3. The summed E-state index contributed by atoms with van der Waals surface area (Å²) in [6, 6.07) is 3.27. The number of piperidine rings is 1. The van der Waals surface area contributed by atoms with Crippen molar-refractivity contribution in [1.82, 2.24) is 14.6 Å². The SMILES string of the molecule is CCCC(C)NS(=O)(=O)c1ccc(NCCN2CCC(C)CC2)nc1. The fourth-order valence-electron chi connectivity index (χ4n) is 3.10. The third-order valence-corrected chi connectivity index (χ3v) is 6.31. The van der Waals surface area contributed by atoms with Gasteiger partial charge in [-0.05, 0) is 57.3 Å².